The highest BCUT2D eigenvalue weighted by molar-refractivity contribution is 4.86. The molecule has 0 aromatic heterocycles. The molecule has 1 heterocycles. The summed E-state index contributed by atoms with van der Waals surface area (Å²) in [6, 6.07) is 0. The molecule has 1 atom stereocenters. The molecule has 1 unspecified atom stereocenters. The number of nitrogens with one attached hydrogen (secondary N) is 1. The van der Waals surface area contributed by atoms with Crippen molar-refractivity contribution in [1.29, 1.82) is 0 Å². The van der Waals surface area contributed by atoms with Crippen LogP contribution in [0, 0.1) is 0 Å². The van der Waals surface area contributed by atoms with E-state index >= 15 is 0 Å². The summed E-state index contributed by atoms with van der Waals surface area (Å²) in [5.41, 5.74) is 0.238. The molecule has 0 radical (unpaired) electrons. The third-order valence-electron chi connectivity index (χ3n) is 1.72. The van der Waals surface area contributed by atoms with Gasteiger partial charge in [0.15, 0.2) is 0 Å². The molecule has 0 spiro atoms. The lowest BCUT2D eigenvalue weighted by molar-refractivity contribution is 0.306. The predicted molar refractivity (Wildman–Crippen MR) is 37.5 cm³/mol. The van der Waals surface area contributed by atoms with Crippen molar-refractivity contribution in [3.63, 3.8) is 0 Å². The van der Waals surface area contributed by atoms with E-state index in [0.29, 0.717) is 0 Å². The maximum absolute atomic E-state index is 5.20. The minimum Gasteiger partial charge on any atom is -0.370 e. The summed E-state index contributed by atoms with van der Waals surface area (Å²) in [6.07, 6.45) is 1.15. The molecular weight excluding hydrogens is 114 g/mol. The van der Waals surface area contributed by atoms with Crippen LogP contribution in [0.15, 0.2) is 0 Å². The van der Waals surface area contributed by atoms with Gasteiger partial charge in [0.1, 0.15) is 0 Å². The number of rotatable bonds is 4. The summed E-state index contributed by atoms with van der Waals surface area (Å²) >= 11 is 0. The first kappa shape index (κ1) is 7.03. The Kier molecular flexibility index (Phi) is 2.09. The van der Waals surface area contributed by atoms with Gasteiger partial charge in [0, 0.05) is 0 Å². The fourth-order valence-corrected chi connectivity index (χ4v) is 0.797. The molecule has 1 aliphatic rings. The number of hydrogen-bond donors (Lipinski definition) is 1. The molecule has 2 nitrogen and oxygen atoms in total. The van der Waals surface area contributed by atoms with Gasteiger partial charge in [-0.2, -0.15) is 0 Å². The Labute approximate surface area is 56.6 Å². The summed E-state index contributed by atoms with van der Waals surface area (Å²) < 4.78 is 5.20. The van der Waals surface area contributed by atoms with Gasteiger partial charge in [-0.1, -0.05) is 6.92 Å². The smallest absolute Gasteiger partial charge is 0.0900 e. The Hall–Kier alpha value is -0.0800. The van der Waals surface area contributed by atoms with E-state index in [1.807, 2.05) is 0 Å². The quantitative estimate of drug-likeness (QED) is 0.448. The second kappa shape index (κ2) is 2.67. The second-order valence-electron chi connectivity index (χ2n) is 2.84. The first-order chi connectivity index (χ1) is 4.27. The van der Waals surface area contributed by atoms with Crippen LogP contribution in [-0.2, 0) is 4.74 Å². The van der Waals surface area contributed by atoms with Crippen LogP contribution in [0.3, 0.4) is 0 Å². The van der Waals surface area contributed by atoms with Crippen molar-refractivity contribution in [2.75, 3.05) is 19.7 Å². The summed E-state index contributed by atoms with van der Waals surface area (Å²) in [4.78, 5) is 0. The van der Waals surface area contributed by atoms with Crippen LogP contribution in [0.5, 0.6) is 0 Å². The van der Waals surface area contributed by atoms with Crippen molar-refractivity contribution < 1.29 is 4.74 Å². The van der Waals surface area contributed by atoms with E-state index in [0.717, 1.165) is 26.1 Å². The summed E-state index contributed by atoms with van der Waals surface area (Å²) in [5, 5.41) is 3.26. The minimum atomic E-state index is 0.238. The third kappa shape index (κ3) is 2.33. The van der Waals surface area contributed by atoms with Crippen LogP contribution in [0.1, 0.15) is 20.3 Å². The Balaban J connectivity index is 1.92. The molecule has 1 aliphatic heterocycles. The molecule has 54 valence electrons. The van der Waals surface area contributed by atoms with Crippen molar-refractivity contribution in [3.8, 4) is 0 Å². The number of hydrogen-bond acceptors (Lipinski definition) is 2. The second-order valence-corrected chi connectivity index (χ2v) is 2.84. The van der Waals surface area contributed by atoms with Crippen LogP contribution in [0.2, 0.25) is 0 Å². The van der Waals surface area contributed by atoms with Crippen molar-refractivity contribution in [3.05, 3.63) is 0 Å². The van der Waals surface area contributed by atoms with Gasteiger partial charge in [-0.05, 0) is 26.4 Å². The zero-order valence-corrected chi connectivity index (χ0v) is 6.24. The highest BCUT2D eigenvalue weighted by atomic mass is 16.6. The van der Waals surface area contributed by atoms with E-state index < -0.39 is 0 Å². The zero-order valence-electron chi connectivity index (χ0n) is 6.24. The maximum atomic E-state index is 5.20. The molecule has 1 saturated heterocycles. The van der Waals surface area contributed by atoms with Crippen LogP contribution < -0.4 is 5.32 Å². The lowest BCUT2D eigenvalue weighted by Crippen LogP contribution is -2.19. The molecule has 0 amide bonds. The van der Waals surface area contributed by atoms with E-state index in [9.17, 15) is 0 Å². The highest BCUT2D eigenvalue weighted by Crippen LogP contribution is 2.28. The molecule has 1 fully saturated rings. The Bertz CT molecular complexity index is 88.9. The van der Waals surface area contributed by atoms with Gasteiger partial charge in [0.05, 0.1) is 12.2 Å². The van der Waals surface area contributed by atoms with E-state index in [1.165, 1.54) is 0 Å². The van der Waals surface area contributed by atoms with Crippen LogP contribution >= 0.6 is 0 Å². The van der Waals surface area contributed by atoms with Crippen molar-refractivity contribution in [2.45, 2.75) is 25.9 Å². The van der Waals surface area contributed by atoms with Gasteiger partial charge in [0.2, 0.25) is 0 Å². The van der Waals surface area contributed by atoms with Crippen molar-refractivity contribution in [2.24, 2.45) is 0 Å². The molecule has 0 aromatic carbocycles. The van der Waals surface area contributed by atoms with Crippen LogP contribution in [0.4, 0.5) is 0 Å². The number of epoxide rings is 1. The lowest BCUT2D eigenvalue weighted by Gasteiger charge is -2.03. The predicted octanol–water partition coefficient (Wildman–Crippen LogP) is 0.775. The van der Waals surface area contributed by atoms with E-state index in [-0.39, 0.29) is 5.60 Å². The average molecular weight is 129 g/mol. The van der Waals surface area contributed by atoms with Crippen LogP contribution in [0.25, 0.3) is 0 Å². The first-order valence-electron chi connectivity index (χ1n) is 3.61. The Morgan fingerprint density at radius 1 is 1.67 bits per heavy atom. The largest absolute Gasteiger partial charge is 0.370 e. The normalized spacial score (nSPS) is 32.7. The third-order valence-corrected chi connectivity index (χ3v) is 1.72. The van der Waals surface area contributed by atoms with Crippen molar-refractivity contribution in [1.82, 2.24) is 5.32 Å². The monoisotopic (exact) mass is 129 g/mol. The Morgan fingerprint density at radius 3 is 2.78 bits per heavy atom. The molecule has 0 bridgehead atoms. The lowest BCUT2D eigenvalue weighted by atomic mass is 10.1. The zero-order chi connectivity index (χ0) is 6.74. The van der Waals surface area contributed by atoms with E-state index in [4.69, 9.17) is 4.74 Å². The van der Waals surface area contributed by atoms with Gasteiger partial charge in [-0.3, -0.25) is 0 Å². The van der Waals surface area contributed by atoms with Gasteiger partial charge in [-0.25, -0.2) is 0 Å². The standard InChI is InChI=1S/C7H15NO/c1-3-8-5-4-7(2)6-9-7/h8H,3-6H2,1-2H3. The fourth-order valence-electron chi connectivity index (χ4n) is 0.797. The molecule has 1 N–H and O–H groups in total. The van der Waals surface area contributed by atoms with Gasteiger partial charge < -0.3 is 10.1 Å². The minimum absolute atomic E-state index is 0.238. The molecule has 1 rings (SSSR count). The maximum Gasteiger partial charge on any atom is 0.0900 e. The topological polar surface area (TPSA) is 24.6 Å². The molecule has 0 aromatic rings. The molecule has 0 aliphatic carbocycles. The van der Waals surface area contributed by atoms with Gasteiger partial charge in [0.25, 0.3) is 0 Å². The SMILES string of the molecule is CCNCCC1(C)CO1. The fraction of sp³-hybridized carbons (Fsp3) is 1.00. The molecule has 2 heteroatoms. The van der Waals surface area contributed by atoms with Crippen molar-refractivity contribution >= 4 is 0 Å². The highest BCUT2D eigenvalue weighted by Gasteiger charge is 2.37. The van der Waals surface area contributed by atoms with Crippen LogP contribution in [-0.4, -0.2) is 25.3 Å². The molecule has 9 heavy (non-hydrogen) atoms. The first-order valence-corrected chi connectivity index (χ1v) is 3.61. The Morgan fingerprint density at radius 2 is 2.33 bits per heavy atom. The summed E-state index contributed by atoms with van der Waals surface area (Å²) in [6.45, 7) is 7.39. The molecular formula is C7H15NO. The van der Waals surface area contributed by atoms with Gasteiger partial charge >= 0.3 is 0 Å². The average Bonchev–Trinajstić information content (AvgIpc) is 2.50. The van der Waals surface area contributed by atoms with E-state index in [1.54, 1.807) is 0 Å². The molecule has 0 saturated carbocycles. The van der Waals surface area contributed by atoms with E-state index in [2.05, 4.69) is 19.2 Å². The summed E-state index contributed by atoms with van der Waals surface area (Å²) in [7, 11) is 0. The number of ether oxygens (including phenoxy) is 1. The summed E-state index contributed by atoms with van der Waals surface area (Å²) in [5.74, 6) is 0. The van der Waals surface area contributed by atoms with Gasteiger partial charge in [-0.15, -0.1) is 0 Å².